The van der Waals surface area contributed by atoms with Gasteiger partial charge in [-0.25, -0.2) is 0 Å². The molecule has 2 heteroatoms. The van der Waals surface area contributed by atoms with E-state index in [0.29, 0.717) is 12.2 Å². The molecular formula is C17H26O2. The molecule has 0 saturated heterocycles. The van der Waals surface area contributed by atoms with Crippen LogP contribution in [0.5, 0.6) is 5.75 Å². The van der Waals surface area contributed by atoms with Gasteiger partial charge in [0.2, 0.25) is 0 Å². The molecule has 106 valence electrons. The Labute approximate surface area is 117 Å². The Morgan fingerprint density at radius 1 is 1.05 bits per heavy atom. The summed E-state index contributed by atoms with van der Waals surface area (Å²) in [4.78, 5) is 11.2. The van der Waals surface area contributed by atoms with E-state index in [0.717, 1.165) is 6.42 Å². The van der Waals surface area contributed by atoms with Crippen molar-refractivity contribution in [3.8, 4) is 5.75 Å². The van der Waals surface area contributed by atoms with Gasteiger partial charge in [-0.05, 0) is 34.9 Å². The Morgan fingerprint density at radius 2 is 1.58 bits per heavy atom. The van der Waals surface area contributed by atoms with Crippen molar-refractivity contribution in [1.82, 2.24) is 0 Å². The van der Waals surface area contributed by atoms with Crippen LogP contribution in [0.2, 0.25) is 0 Å². The van der Waals surface area contributed by atoms with Gasteiger partial charge >= 0.3 is 5.97 Å². The van der Waals surface area contributed by atoms with Crippen molar-refractivity contribution in [3.05, 3.63) is 29.8 Å². The first-order chi connectivity index (χ1) is 8.64. The van der Waals surface area contributed by atoms with Gasteiger partial charge in [-0.3, -0.25) is 4.79 Å². The fourth-order valence-electron chi connectivity index (χ4n) is 2.61. The molecule has 0 spiro atoms. The molecule has 19 heavy (non-hydrogen) atoms. The van der Waals surface area contributed by atoms with E-state index in [9.17, 15) is 4.79 Å². The molecule has 1 aromatic carbocycles. The fraction of sp³-hybridized carbons (Fsp3) is 0.588. The standard InChI is InChI=1S/C17H26O2/c1-7-15(18)19-14-10-8-13(9-11-14)17(5,6)12-16(2,3)4/h8-11H,7,12H2,1-6H3. The lowest BCUT2D eigenvalue weighted by Gasteiger charge is -2.33. The van der Waals surface area contributed by atoms with Gasteiger partial charge in [0.25, 0.3) is 0 Å². The molecule has 0 heterocycles. The fourth-order valence-corrected chi connectivity index (χ4v) is 2.61. The van der Waals surface area contributed by atoms with Crippen molar-refractivity contribution >= 4 is 5.97 Å². The highest BCUT2D eigenvalue weighted by Gasteiger charge is 2.27. The summed E-state index contributed by atoms with van der Waals surface area (Å²) in [5.41, 5.74) is 1.68. The van der Waals surface area contributed by atoms with Gasteiger partial charge in [0.15, 0.2) is 0 Å². The summed E-state index contributed by atoms with van der Waals surface area (Å²) in [7, 11) is 0. The maximum atomic E-state index is 11.2. The van der Waals surface area contributed by atoms with Crippen molar-refractivity contribution in [2.75, 3.05) is 0 Å². The smallest absolute Gasteiger partial charge is 0.310 e. The topological polar surface area (TPSA) is 26.3 Å². The van der Waals surface area contributed by atoms with E-state index < -0.39 is 0 Å². The van der Waals surface area contributed by atoms with Gasteiger partial charge in [0, 0.05) is 6.42 Å². The first-order valence-corrected chi connectivity index (χ1v) is 6.95. The zero-order valence-corrected chi connectivity index (χ0v) is 13.0. The number of esters is 1. The third kappa shape index (κ3) is 5.06. The van der Waals surface area contributed by atoms with Gasteiger partial charge in [-0.15, -0.1) is 0 Å². The molecule has 0 N–H and O–H groups in total. The lowest BCUT2D eigenvalue weighted by atomic mass is 9.72. The van der Waals surface area contributed by atoms with Gasteiger partial charge < -0.3 is 4.74 Å². The number of ether oxygens (including phenoxy) is 1. The second kappa shape index (κ2) is 5.77. The number of carbonyl (C=O) groups is 1. The van der Waals surface area contributed by atoms with Crippen LogP contribution < -0.4 is 4.74 Å². The lowest BCUT2D eigenvalue weighted by Crippen LogP contribution is -2.24. The molecule has 2 nitrogen and oxygen atoms in total. The van der Waals surface area contributed by atoms with E-state index in [4.69, 9.17) is 4.74 Å². The first kappa shape index (κ1) is 15.7. The third-order valence-electron chi connectivity index (χ3n) is 3.13. The summed E-state index contributed by atoms with van der Waals surface area (Å²) in [6.45, 7) is 13.1. The molecule has 0 aliphatic heterocycles. The van der Waals surface area contributed by atoms with Gasteiger partial charge in [0.05, 0.1) is 0 Å². The van der Waals surface area contributed by atoms with Gasteiger partial charge in [-0.2, -0.15) is 0 Å². The summed E-state index contributed by atoms with van der Waals surface area (Å²) < 4.78 is 5.19. The zero-order valence-electron chi connectivity index (χ0n) is 13.0. The van der Waals surface area contributed by atoms with Crippen molar-refractivity contribution in [2.45, 2.75) is 59.8 Å². The first-order valence-electron chi connectivity index (χ1n) is 6.95. The Bertz CT molecular complexity index is 422. The maximum Gasteiger partial charge on any atom is 0.310 e. The van der Waals surface area contributed by atoms with E-state index in [1.807, 2.05) is 12.1 Å². The Balaban J connectivity index is 2.83. The molecule has 0 bridgehead atoms. The van der Waals surface area contributed by atoms with E-state index in [1.54, 1.807) is 6.92 Å². The Morgan fingerprint density at radius 3 is 2.00 bits per heavy atom. The van der Waals surface area contributed by atoms with Gasteiger partial charge in [-0.1, -0.05) is 53.7 Å². The largest absolute Gasteiger partial charge is 0.427 e. The van der Waals surface area contributed by atoms with E-state index in [1.165, 1.54) is 5.56 Å². The van der Waals surface area contributed by atoms with Crippen molar-refractivity contribution < 1.29 is 9.53 Å². The van der Waals surface area contributed by atoms with Crippen molar-refractivity contribution in [1.29, 1.82) is 0 Å². The van der Waals surface area contributed by atoms with Crippen LogP contribution in [-0.4, -0.2) is 5.97 Å². The summed E-state index contributed by atoms with van der Waals surface area (Å²) in [6.07, 6.45) is 1.51. The Kier molecular flexibility index (Phi) is 4.78. The van der Waals surface area contributed by atoms with Crippen LogP contribution in [0, 0.1) is 5.41 Å². The monoisotopic (exact) mass is 262 g/mol. The van der Waals surface area contributed by atoms with Crippen LogP contribution in [0.3, 0.4) is 0 Å². The Hall–Kier alpha value is -1.31. The molecular weight excluding hydrogens is 236 g/mol. The SMILES string of the molecule is CCC(=O)Oc1ccc(C(C)(C)CC(C)(C)C)cc1. The second-order valence-electron chi connectivity index (χ2n) is 6.97. The maximum absolute atomic E-state index is 11.2. The average molecular weight is 262 g/mol. The summed E-state index contributed by atoms with van der Waals surface area (Å²) in [6, 6.07) is 7.88. The molecule has 0 aliphatic carbocycles. The predicted octanol–water partition coefficient (Wildman–Crippen LogP) is 4.72. The molecule has 0 saturated carbocycles. The van der Waals surface area contributed by atoms with E-state index in [-0.39, 0.29) is 16.8 Å². The van der Waals surface area contributed by atoms with E-state index in [2.05, 4.69) is 46.8 Å². The summed E-state index contributed by atoms with van der Waals surface area (Å²) in [5.74, 6) is 0.434. The molecule has 0 unspecified atom stereocenters. The van der Waals surface area contributed by atoms with Crippen LogP contribution in [0.4, 0.5) is 0 Å². The number of hydrogen-bond acceptors (Lipinski definition) is 2. The van der Waals surface area contributed by atoms with Crippen LogP contribution in [-0.2, 0) is 10.2 Å². The van der Waals surface area contributed by atoms with E-state index >= 15 is 0 Å². The third-order valence-corrected chi connectivity index (χ3v) is 3.13. The highest BCUT2D eigenvalue weighted by atomic mass is 16.5. The molecule has 0 aliphatic rings. The van der Waals surface area contributed by atoms with Gasteiger partial charge in [0.1, 0.15) is 5.75 Å². The molecule has 1 aromatic rings. The van der Waals surface area contributed by atoms with Crippen LogP contribution in [0.15, 0.2) is 24.3 Å². The number of hydrogen-bond donors (Lipinski definition) is 0. The predicted molar refractivity (Wildman–Crippen MR) is 79.5 cm³/mol. The van der Waals surface area contributed by atoms with Crippen LogP contribution >= 0.6 is 0 Å². The summed E-state index contributed by atoms with van der Waals surface area (Å²) >= 11 is 0. The minimum atomic E-state index is -0.193. The van der Waals surface area contributed by atoms with Crippen LogP contribution in [0.25, 0.3) is 0 Å². The molecule has 0 radical (unpaired) electrons. The number of rotatable bonds is 4. The molecule has 0 amide bonds. The molecule has 1 rings (SSSR count). The molecule has 0 atom stereocenters. The minimum absolute atomic E-state index is 0.117. The zero-order chi connectivity index (χ0) is 14.7. The normalized spacial score (nSPS) is 12.3. The highest BCUT2D eigenvalue weighted by molar-refractivity contribution is 5.71. The average Bonchev–Trinajstić information content (AvgIpc) is 2.26. The second-order valence-corrected chi connectivity index (χ2v) is 6.97. The lowest BCUT2D eigenvalue weighted by molar-refractivity contribution is -0.134. The summed E-state index contributed by atoms with van der Waals surface area (Å²) in [5, 5.41) is 0. The number of benzene rings is 1. The quantitative estimate of drug-likeness (QED) is 0.580. The van der Waals surface area contributed by atoms with Crippen molar-refractivity contribution in [2.24, 2.45) is 5.41 Å². The molecule has 0 aromatic heterocycles. The highest BCUT2D eigenvalue weighted by Crippen LogP contribution is 2.36. The van der Waals surface area contributed by atoms with Crippen molar-refractivity contribution in [3.63, 3.8) is 0 Å². The minimum Gasteiger partial charge on any atom is -0.427 e. The van der Waals surface area contributed by atoms with Crippen LogP contribution in [0.1, 0.15) is 59.9 Å². The molecule has 0 fully saturated rings. The number of carbonyl (C=O) groups excluding carboxylic acids is 1.